The lowest BCUT2D eigenvalue weighted by atomic mass is 9.85. The van der Waals surface area contributed by atoms with E-state index in [0.29, 0.717) is 17.4 Å². The van der Waals surface area contributed by atoms with Crippen LogP contribution >= 0.6 is 7.82 Å². The standard InChI is InChI=1S/C30H49F4N2O9P/c31-23-21-36(29(39)35-28(23)38)25-20-24(37)26(44-25)27(30(32,33)34)45-46(40,41)43-19-18-42-17-13-8-6-4-2-1-3-5-7-10-14-22-15-11-9-12-16-22/h21-22,24-27,37H,1-20H2,(H,40,41)(H,35,38,39)/t24-,25+,26-,27-/m0/s1. The molecule has 0 aromatic carbocycles. The van der Waals surface area contributed by atoms with Crippen molar-refractivity contribution in [3.05, 3.63) is 32.9 Å². The summed E-state index contributed by atoms with van der Waals surface area (Å²) < 4.78 is 87.1. The van der Waals surface area contributed by atoms with Crippen LogP contribution in [0.1, 0.15) is 115 Å². The first-order valence-electron chi connectivity index (χ1n) is 16.5. The molecule has 11 nitrogen and oxygen atoms in total. The normalized spacial score (nSPS) is 23.0. The van der Waals surface area contributed by atoms with Gasteiger partial charge in [0.05, 0.1) is 25.5 Å². The molecule has 1 unspecified atom stereocenters. The van der Waals surface area contributed by atoms with Gasteiger partial charge in [-0.2, -0.15) is 17.6 Å². The molecule has 0 radical (unpaired) electrons. The Kier molecular flexibility index (Phi) is 16.4. The van der Waals surface area contributed by atoms with Crippen molar-refractivity contribution >= 4 is 7.82 Å². The number of nitrogens with zero attached hydrogens (tertiary/aromatic N) is 1. The van der Waals surface area contributed by atoms with Gasteiger partial charge in [-0.25, -0.2) is 9.36 Å². The van der Waals surface area contributed by atoms with E-state index in [1.165, 1.54) is 77.0 Å². The number of aromatic amines is 1. The Labute approximate surface area is 266 Å². The first-order valence-corrected chi connectivity index (χ1v) is 18.0. The molecule has 0 amide bonds. The van der Waals surface area contributed by atoms with Crippen LogP contribution in [0.5, 0.6) is 0 Å². The van der Waals surface area contributed by atoms with Crippen LogP contribution in [-0.4, -0.2) is 63.9 Å². The molecule has 1 aromatic rings. The molecule has 1 aliphatic heterocycles. The van der Waals surface area contributed by atoms with Gasteiger partial charge in [0.15, 0.2) is 6.10 Å². The number of rotatable bonds is 21. The number of ether oxygens (including phenoxy) is 2. The molecule has 1 saturated heterocycles. The third-order valence-electron chi connectivity index (χ3n) is 8.60. The summed E-state index contributed by atoms with van der Waals surface area (Å²) in [6.07, 6.45) is 5.74. The lowest BCUT2D eigenvalue weighted by Gasteiger charge is -2.28. The number of hydrogen-bond donors (Lipinski definition) is 3. The Morgan fingerprint density at radius 2 is 1.57 bits per heavy atom. The first-order chi connectivity index (χ1) is 21.9. The minimum atomic E-state index is -5.30. The Balaban J connectivity index is 1.25. The summed E-state index contributed by atoms with van der Waals surface area (Å²) in [5.74, 6) is -0.437. The van der Waals surface area contributed by atoms with Gasteiger partial charge in [0.25, 0.3) is 5.56 Å². The van der Waals surface area contributed by atoms with Gasteiger partial charge in [-0.15, -0.1) is 0 Å². The van der Waals surface area contributed by atoms with Crippen molar-refractivity contribution in [1.82, 2.24) is 9.55 Å². The number of halogens is 4. The van der Waals surface area contributed by atoms with E-state index in [0.717, 1.165) is 31.6 Å². The van der Waals surface area contributed by atoms with E-state index < -0.39 is 68.6 Å². The third-order valence-corrected chi connectivity index (χ3v) is 9.60. The largest absolute Gasteiger partial charge is 0.472 e. The summed E-state index contributed by atoms with van der Waals surface area (Å²) in [4.78, 5) is 34.7. The second-order valence-electron chi connectivity index (χ2n) is 12.3. The fourth-order valence-corrected chi connectivity index (χ4v) is 7.01. The van der Waals surface area contributed by atoms with Gasteiger partial charge in [-0.1, -0.05) is 96.3 Å². The highest BCUT2D eigenvalue weighted by molar-refractivity contribution is 7.47. The van der Waals surface area contributed by atoms with Crippen molar-refractivity contribution in [2.75, 3.05) is 19.8 Å². The van der Waals surface area contributed by atoms with Crippen LogP contribution in [0.25, 0.3) is 0 Å². The zero-order valence-electron chi connectivity index (χ0n) is 26.3. The molecule has 266 valence electrons. The summed E-state index contributed by atoms with van der Waals surface area (Å²) in [5, 5.41) is 10.2. The van der Waals surface area contributed by atoms with Crippen LogP contribution in [0.4, 0.5) is 17.6 Å². The highest BCUT2D eigenvalue weighted by Crippen LogP contribution is 2.49. The monoisotopic (exact) mass is 688 g/mol. The number of unbranched alkanes of at least 4 members (excludes halogenated alkanes) is 9. The van der Waals surface area contributed by atoms with Gasteiger partial charge in [0.1, 0.15) is 12.3 Å². The first kappa shape index (κ1) is 38.8. The second kappa shape index (κ2) is 19.4. The number of alkyl halides is 3. The van der Waals surface area contributed by atoms with Gasteiger partial charge in [0, 0.05) is 13.0 Å². The van der Waals surface area contributed by atoms with Crippen molar-refractivity contribution in [2.45, 2.75) is 140 Å². The van der Waals surface area contributed by atoms with Crippen molar-refractivity contribution in [3.8, 4) is 0 Å². The summed E-state index contributed by atoms with van der Waals surface area (Å²) in [6.45, 7) is -0.321. The fourth-order valence-electron chi connectivity index (χ4n) is 6.12. The Morgan fingerprint density at radius 1 is 0.957 bits per heavy atom. The van der Waals surface area contributed by atoms with E-state index in [1.54, 1.807) is 4.98 Å². The molecule has 1 aromatic heterocycles. The molecule has 46 heavy (non-hydrogen) atoms. The summed E-state index contributed by atoms with van der Waals surface area (Å²) in [7, 11) is -5.30. The predicted octanol–water partition coefficient (Wildman–Crippen LogP) is 6.28. The van der Waals surface area contributed by atoms with Gasteiger partial charge in [-0.3, -0.25) is 23.4 Å². The fraction of sp³-hybridized carbons (Fsp3) is 0.867. The summed E-state index contributed by atoms with van der Waals surface area (Å²) in [5.41, 5.74) is -2.54. The Morgan fingerprint density at radius 3 is 2.20 bits per heavy atom. The minimum Gasteiger partial charge on any atom is -0.390 e. The van der Waals surface area contributed by atoms with E-state index in [4.69, 9.17) is 9.47 Å². The molecule has 16 heteroatoms. The molecule has 2 aliphatic rings. The van der Waals surface area contributed by atoms with E-state index in [-0.39, 0.29) is 6.61 Å². The number of nitrogens with one attached hydrogen (secondary N) is 1. The zero-order valence-corrected chi connectivity index (χ0v) is 27.2. The number of aromatic nitrogens is 2. The third kappa shape index (κ3) is 13.5. The molecule has 0 spiro atoms. The van der Waals surface area contributed by atoms with E-state index in [9.17, 15) is 41.7 Å². The highest BCUT2D eigenvalue weighted by Gasteiger charge is 2.55. The van der Waals surface area contributed by atoms with E-state index >= 15 is 0 Å². The van der Waals surface area contributed by atoms with Crippen LogP contribution in [0, 0.1) is 11.7 Å². The Bertz CT molecular complexity index is 1190. The summed E-state index contributed by atoms with van der Waals surface area (Å²) in [6, 6.07) is 0. The van der Waals surface area contributed by atoms with Crippen LogP contribution < -0.4 is 11.2 Å². The lowest BCUT2D eigenvalue weighted by Crippen LogP contribution is -2.46. The molecule has 3 rings (SSSR count). The SMILES string of the molecule is O=c1[nH]c(=O)n([C@H]2C[C@H](O)[C@@H]([C@H](OP(=O)(O)OCCOCCCCCCCCCCCCC3CCCCC3)C(F)(F)F)O2)cc1F. The van der Waals surface area contributed by atoms with E-state index in [1.807, 2.05) is 0 Å². The lowest BCUT2D eigenvalue weighted by molar-refractivity contribution is -0.240. The highest BCUT2D eigenvalue weighted by atomic mass is 31.2. The molecule has 1 aliphatic carbocycles. The van der Waals surface area contributed by atoms with Crippen molar-refractivity contribution in [2.24, 2.45) is 5.92 Å². The molecule has 2 fully saturated rings. The van der Waals surface area contributed by atoms with Crippen LogP contribution in [0.3, 0.4) is 0 Å². The number of phosphoric ester groups is 1. The number of aliphatic hydroxyl groups excluding tert-OH is 1. The summed E-state index contributed by atoms with van der Waals surface area (Å²) >= 11 is 0. The van der Waals surface area contributed by atoms with Gasteiger partial charge < -0.3 is 19.5 Å². The molecular formula is C30H49F4N2O9P. The minimum absolute atomic E-state index is 0.156. The second-order valence-corrected chi connectivity index (χ2v) is 13.7. The topological polar surface area (TPSA) is 149 Å². The number of aliphatic hydroxyl groups is 1. The van der Waals surface area contributed by atoms with Crippen molar-refractivity contribution in [1.29, 1.82) is 0 Å². The molecule has 3 N–H and O–H groups in total. The molecule has 5 atom stereocenters. The number of hydrogen-bond acceptors (Lipinski definition) is 8. The van der Waals surface area contributed by atoms with Crippen molar-refractivity contribution < 1.29 is 50.6 Å². The number of phosphoric acid groups is 1. The van der Waals surface area contributed by atoms with Gasteiger partial charge in [0.2, 0.25) is 5.82 Å². The maximum Gasteiger partial charge on any atom is 0.472 e. The van der Waals surface area contributed by atoms with Crippen LogP contribution in [0.2, 0.25) is 0 Å². The maximum absolute atomic E-state index is 13.8. The Hall–Kier alpha value is -1.61. The predicted molar refractivity (Wildman–Crippen MR) is 161 cm³/mol. The molecule has 1 saturated carbocycles. The van der Waals surface area contributed by atoms with Gasteiger partial charge in [-0.05, 0) is 12.3 Å². The average molecular weight is 689 g/mol. The van der Waals surface area contributed by atoms with Crippen LogP contribution in [-0.2, 0) is 23.1 Å². The maximum atomic E-state index is 13.8. The number of H-pyrrole nitrogens is 1. The van der Waals surface area contributed by atoms with E-state index in [2.05, 4.69) is 9.05 Å². The quantitative estimate of drug-likeness (QED) is 0.0771. The van der Waals surface area contributed by atoms with Crippen molar-refractivity contribution in [3.63, 3.8) is 0 Å². The van der Waals surface area contributed by atoms with Gasteiger partial charge >= 0.3 is 19.7 Å². The molecular weight excluding hydrogens is 639 g/mol. The molecule has 2 heterocycles. The van der Waals surface area contributed by atoms with Crippen LogP contribution in [0.15, 0.2) is 15.8 Å². The zero-order chi connectivity index (χ0) is 33.6. The smallest absolute Gasteiger partial charge is 0.390 e. The molecule has 0 bridgehead atoms. The average Bonchev–Trinajstić information content (AvgIpc) is 3.38.